The number of anilines is 3. The Bertz CT molecular complexity index is 1360. The van der Waals surface area contributed by atoms with Crippen LogP contribution in [0.4, 0.5) is 17.5 Å². The van der Waals surface area contributed by atoms with E-state index in [1.165, 1.54) is 0 Å². The lowest BCUT2D eigenvalue weighted by molar-refractivity contribution is 0.202. The van der Waals surface area contributed by atoms with Crippen molar-refractivity contribution in [3.63, 3.8) is 0 Å². The zero-order chi connectivity index (χ0) is 24.4. The normalized spacial score (nSPS) is 14.8. The van der Waals surface area contributed by atoms with E-state index in [9.17, 15) is 5.11 Å². The van der Waals surface area contributed by atoms with Crippen molar-refractivity contribution < 1.29 is 9.84 Å². The van der Waals surface area contributed by atoms with Crippen molar-refractivity contribution in [1.82, 2.24) is 25.1 Å². The van der Waals surface area contributed by atoms with E-state index >= 15 is 0 Å². The van der Waals surface area contributed by atoms with E-state index in [0.717, 1.165) is 54.0 Å². The summed E-state index contributed by atoms with van der Waals surface area (Å²) in [6, 6.07) is 9.70. The molecule has 35 heavy (non-hydrogen) atoms. The maximum Gasteiger partial charge on any atom is 0.325 e. The minimum Gasteiger partial charge on any atom is -0.423 e. The van der Waals surface area contributed by atoms with Gasteiger partial charge in [-0.25, -0.2) is 0 Å². The number of aryl methyl sites for hydroxylation is 1. The summed E-state index contributed by atoms with van der Waals surface area (Å²) in [6.07, 6.45) is 5.68. The van der Waals surface area contributed by atoms with Crippen LogP contribution in [0.5, 0.6) is 11.8 Å². The lowest BCUT2D eigenvalue weighted by Gasteiger charge is -2.32. The molecule has 4 aromatic rings. The van der Waals surface area contributed by atoms with Crippen LogP contribution in [0.25, 0.3) is 17.0 Å². The fourth-order valence-electron chi connectivity index (χ4n) is 4.29. The quantitative estimate of drug-likeness (QED) is 0.271. The van der Waals surface area contributed by atoms with Crippen LogP contribution in [0, 0.1) is 12.8 Å². The second-order valence-electron chi connectivity index (χ2n) is 8.73. The molecule has 1 saturated heterocycles. The summed E-state index contributed by atoms with van der Waals surface area (Å²) >= 11 is 6.66. The zero-order valence-electron chi connectivity index (χ0n) is 19.7. The van der Waals surface area contributed by atoms with Crippen LogP contribution in [-0.2, 0) is 0 Å². The van der Waals surface area contributed by atoms with E-state index in [1.807, 2.05) is 56.3 Å². The second kappa shape index (κ2) is 9.97. The summed E-state index contributed by atoms with van der Waals surface area (Å²) < 4.78 is 6.11. The number of nitrogens with zero attached hydrogens (tertiary/aromatic N) is 4. The molecule has 182 valence electrons. The maximum atomic E-state index is 9.50. The Balaban J connectivity index is 1.47. The van der Waals surface area contributed by atoms with Crippen molar-refractivity contribution in [2.45, 2.75) is 26.7 Å². The predicted molar refractivity (Wildman–Crippen MR) is 139 cm³/mol. The molecule has 0 unspecified atom stereocenters. The van der Waals surface area contributed by atoms with Gasteiger partial charge in [-0.2, -0.15) is 15.1 Å². The molecule has 1 fully saturated rings. The van der Waals surface area contributed by atoms with E-state index < -0.39 is 0 Å². The lowest BCUT2D eigenvalue weighted by Crippen LogP contribution is -2.35. The standard InChI is InChI=1S/C25H28ClN7O2/c1-3-4-17-12-22(32-31-17)28-21-13-23(33-9-7-16(14-34)8-10-33)30-25(29-21)35-20-6-5-19-18(24(20)26)11-15(2)27-19/h3-6,11-13,16,27,34H,7-10,14H2,1-2H3,(H2,28,29,30,31,32)/b4-3+. The second-order valence-corrected chi connectivity index (χ2v) is 9.11. The number of allylic oxidation sites excluding steroid dienone is 1. The molecule has 0 atom stereocenters. The zero-order valence-corrected chi connectivity index (χ0v) is 20.4. The van der Waals surface area contributed by atoms with Gasteiger partial charge in [-0.3, -0.25) is 5.10 Å². The van der Waals surface area contributed by atoms with Crippen molar-refractivity contribution >= 4 is 46.0 Å². The molecule has 0 saturated carbocycles. The van der Waals surface area contributed by atoms with Gasteiger partial charge < -0.3 is 25.0 Å². The third-order valence-electron chi connectivity index (χ3n) is 6.13. The Morgan fingerprint density at radius 1 is 1.20 bits per heavy atom. The monoisotopic (exact) mass is 493 g/mol. The first-order valence-electron chi connectivity index (χ1n) is 11.7. The first kappa shape index (κ1) is 23.2. The Kier molecular flexibility index (Phi) is 6.61. The van der Waals surface area contributed by atoms with Gasteiger partial charge in [0.15, 0.2) is 5.82 Å². The third kappa shape index (κ3) is 5.11. The fraction of sp³-hybridized carbons (Fsp3) is 0.320. The van der Waals surface area contributed by atoms with E-state index in [4.69, 9.17) is 21.3 Å². The number of aromatic nitrogens is 5. The van der Waals surface area contributed by atoms with Crippen LogP contribution in [0.3, 0.4) is 0 Å². The number of rotatable bonds is 7. The highest BCUT2D eigenvalue weighted by atomic mass is 35.5. The average molecular weight is 494 g/mol. The molecule has 0 radical (unpaired) electrons. The van der Waals surface area contributed by atoms with Crippen molar-refractivity contribution in [3.8, 4) is 11.8 Å². The minimum absolute atomic E-state index is 0.187. The van der Waals surface area contributed by atoms with Gasteiger partial charge in [0.25, 0.3) is 0 Å². The van der Waals surface area contributed by atoms with Crippen LogP contribution < -0.4 is 15.0 Å². The molecule has 1 aliphatic rings. The molecule has 0 amide bonds. The van der Waals surface area contributed by atoms with Gasteiger partial charge in [0, 0.05) is 48.4 Å². The number of benzene rings is 1. The molecule has 5 rings (SSSR count). The summed E-state index contributed by atoms with van der Waals surface area (Å²) in [6.45, 7) is 5.74. The molecule has 1 aromatic carbocycles. The van der Waals surface area contributed by atoms with Gasteiger partial charge in [0.1, 0.15) is 17.4 Å². The van der Waals surface area contributed by atoms with Gasteiger partial charge in [0.2, 0.25) is 0 Å². The van der Waals surface area contributed by atoms with E-state index in [0.29, 0.717) is 28.3 Å². The van der Waals surface area contributed by atoms with Crippen molar-refractivity contribution in [1.29, 1.82) is 0 Å². The number of piperidine rings is 1. The van der Waals surface area contributed by atoms with Crippen LogP contribution in [-0.4, -0.2) is 50.0 Å². The predicted octanol–water partition coefficient (Wildman–Crippen LogP) is 5.42. The molecule has 0 spiro atoms. The van der Waals surface area contributed by atoms with E-state index in [2.05, 4.69) is 30.4 Å². The molecule has 4 N–H and O–H groups in total. The molecule has 1 aliphatic heterocycles. The van der Waals surface area contributed by atoms with Crippen molar-refractivity contribution in [3.05, 3.63) is 52.8 Å². The molecular weight excluding hydrogens is 466 g/mol. The minimum atomic E-state index is 0.187. The Hall–Kier alpha value is -3.56. The van der Waals surface area contributed by atoms with E-state index in [-0.39, 0.29) is 12.6 Å². The van der Waals surface area contributed by atoms with Gasteiger partial charge in [-0.1, -0.05) is 17.7 Å². The molecule has 10 heteroatoms. The number of hydrogen-bond donors (Lipinski definition) is 4. The Morgan fingerprint density at radius 3 is 2.80 bits per heavy atom. The van der Waals surface area contributed by atoms with Crippen molar-refractivity contribution in [2.75, 3.05) is 29.9 Å². The number of aliphatic hydroxyl groups excluding tert-OH is 1. The number of nitrogens with one attached hydrogen (secondary N) is 3. The van der Waals surface area contributed by atoms with Crippen LogP contribution in [0.15, 0.2) is 36.4 Å². The average Bonchev–Trinajstić information content (AvgIpc) is 3.47. The summed E-state index contributed by atoms with van der Waals surface area (Å²) in [5.74, 6) is 2.74. The van der Waals surface area contributed by atoms with Gasteiger partial charge >= 0.3 is 6.01 Å². The van der Waals surface area contributed by atoms with Crippen LogP contribution in [0.2, 0.25) is 5.02 Å². The fourth-order valence-corrected chi connectivity index (χ4v) is 4.55. The number of aliphatic hydroxyl groups is 1. The summed E-state index contributed by atoms with van der Waals surface area (Å²) in [7, 11) is 0. The molecule has 3 aromatic heterocycles. The number of hydrogen-bond acceptors (Lipinski definition) is 7. The number of fused-ring (bicyclic) bond motifs is 1. The van der Waals surface area contributed by atoms with E-state index in [1.54, 1.807) is 0 Å². The topological polar surface area (TPSA) is 115 Å². The lowest BCUT2D eigenvalue weighted by atomic mass is 9.98. The highest BCUT2D eigenvalue weighted by Gasteiger charge is 2.22. The first-order valence-corrected chi connectivity index (χ1v) is 12.1. The molecule has 0 bridgehead atoms. The largest absolute Gasteiger partial charge is 0.423 e. The number of H-pyrrole nitrogens is 2. The summed E-state index contributed by atoms with van der Waals surface area (Å²) in [5.41, 5.74) is 2.85. The number of aromatic amines is 2. The highest BCUT2D eigenvalue weighted by molar-refractivity contribution is 6.37. The van der Waals surface area contributed by atoms with Crippen LogP contribution >= 0.6 is 11.6 Å². The van der Waals surface area contributed by atoms with Gasteiger partial charge in [-0.15, -0.1) is 0 Å². The van der Waals surface area contributed by atoms with Gasteiger partial charge in [-0.05, 0) is 56.9 Å². The highest BCUT2D eigenvalue weighted by Crippen LogP contribution is 2.36. The summed E-state index contributed by atoms with van der Waals surface area (Å²) in [5, 5.41) is 21.4. The smallest absolute Gasteiger partial charge is 0.325 e. The summed E-state index contributed by atoms with van der Waals surface area (Å²) in [4.78, 5) is 14.7. The Labute approximate surface area is 208 Å². The SMILES string of the molecule is C/C=C/c1cc(Nc2cc(N3CCC(CO)CC3)nc(Oc3ccc4[nH]c(C)cc4c3Cl)n2)n[nH]1. The number of ether oxygens (including phenoxy) is 1. The molecule has 9 nitrogen and oxygen atoms in total. The number of halogens is 1. The molecular formula is C25H28ClN7O2. The first-order chi connectivity index (χ1) is 17.0. The third-order valence-corrected chi connectivity index (χ3v) is 6.52. The molecule has 4 heterocycles. The Morgan fingerprint density at radius 2 is 2.03 bits per heavy atom. The maximum absolute atomic E-state index is 9.50. The van der Waals surface area contributed by atoms with Crippen LogP contribution in [0.1, 0.15) is 31.2 Å². The molecule has 0 aliphatic carbocycles. The van der Waals surface area contributed by atoms with Crippen molar-refractivity contribution in [2.24, 2.45) is 5.92 Å². The van der Waals surface area contributed by atoms with Gasteiger partial charge in [0.05, 0.1) is 10.7 Å².